The SMILES string of the molecule is Cc1ccc(NC(=O)c2ccoc2)cc1-c1ccc(C(=O)NCCCO)cc1. The van der Waals surface area contributed by atoms with Gasteiger partial charge in [-0.05, 0) is 60.4 Å². The van der Waals surface area contributed by atoms with Gasteiger partial charge in [-0.2, -0.15) is 0 Å². The van der Waals surface area contributed by atoms with Crippen molar-refractivity contribution < 1.29 is 19.1 Å². The number of aliphatic hydroxyl groups excluding tert-OH is 1. The molecule has 0 aliphatic heterocycles. The molecular formula is C22H22N2O4. The molecule has 2 amide bonds. The summed E-state index contributed by atoms with van der Waals surface area (Å²) in [6, 6.07) is 14.6. The molecule has 6 nitrogen and oxygen atoms in total. The van der Waals surface area contributed by atoms with Crippen molar-refractivity contribution in [1.82, 2.24) is 5.32 Å². The monoisotopic (exact) mass is 378 g/mol. The van der Waals surface area contributed by atoms with E-state index in [4.69, 9.17) is 9.52 Å². The van der Waals surface area contributed by atoms with Gasteiger partial charge in [-0.3, -0.25) is 9.59 Å². The Morgan fingerprint density at radius 1 is 1.00 bits per heavy atom. The smallest absolute Gasteiger partial charge is 0.258 e. The first-order valence-corrected chi connectivity index (χ1v) is 9.02. The zero-order valence-electron chi connectivity index (χ0n) is 15.6. The quantitative estimate of drug-likeness (QED) is 0.548. The van der Waals surface area contributed by atoms with Crippen LogP contribution in [0.2, 0.25) is 0 Å². The number of hydrogen-bond donors (Lipinski definition) is 3. The van der Waals surface area contributed by atoms with Gasteiger partial charge in [0.05, 0.1) is 11.8 Å². The van der Waals surface area contributed by atoms with Gasteiger partial charge in [0, 0.05) is 24.4 Å². The summed E-state index contributed by atoms with van der Waals surface area (Å²) in [6.07, 6.45) is 3.38. The van der Waals surface area contributed by atoms with Crippen LogP contribution in [0.5, 0.6) is 0 Å². The van der Waals surface area contributed by atoms with E-state index in [-0.39, 0.29) is 18.4 Å². The Morgan fingerprint density at radius 3 is 2.46 bits per heavy atom. The minimum atomic E-state index is -0.238. The molecule has 3 rings (SSSR count). The van der Waals surface area contributed by atoms with Crippen molar-refractivity contribution in [2.75, 3.05) is 18.5 Å². The number of rotatable bonds is 7. The lowest BCUT2D eigenvalue weighted by Crippen LogP contribution is -2.24. The van der Waals surface area contributed by atoms with Crippen molar-refractivity contribution >= 4 is 17.5 Å². The van der Waals surface area contributed by atoms with E-state index in [9.17, 15) is 9.59 Å². The van der Waals surface area contributed by atoms with E-state index < -0.39 is 0 Å². The number of hydrogen-bond acceptors (Lipinski definition) is 4. The molecule has 0 fully saturated rings. The van der Waals surface area contributed by atoms with Gasteiger partial charge < -0.3 is 20.2 Å². The number of aliphatic hydroxyl groups is 1. The number of benzene rings is 2. The minimum absolute atomic E-state index is 0.0476. The fraction of sp³-hybridized carbons (Fsp3) is 0.182. The number of furan rings is 1. The minimum Gasteiger partial charge on any atom is -0.472 e. The van der Waals surface area contributed by atoms with Crippen LogP contribution in [0, 0.1) is 6.92 Å². The van der Waals surface area contributed by atoms with Crippen LogP contribution in [0.3, 0.4) is 0 Å². The summed E-state index contributed by atoms with van der Waals surface area (Å²) < 4.78 is 4.94. The Morgan fingerprint density at radius 2 is 1.79 bits per heavy atom. The van der Waals surface area contributed by atoms with Gasteiger partial charge in [0.15, 0.2) is 0 Å². The first-order chi connectivity index (χ1) is 13.6. The summed E-state index contributed by atoms with van der Waals surface area (Å²) in [5, 5.41) is 14.4. The molecule has 144 valence electrons. The third-order valence-corrected chi connectivity index (χ3v) is 4.36. The zero-order valence-corrected chi connectivity index (χ0v) is 15.6. The molecule has 0 bridgehead atoms. The van der Waals surface area contributed by atoms with E-state index in [0.29, 0.717) is 29.8 Å². The number of carbonyl (C=O) groups is 2. The van der Waals surface area contributed by atoms with E-state index >= 15 is 0 Å². The van der Waals surface area contributed by atoms with Gasteiger partial charge in [-0.25, -0.2) is 0 Å². The Balaban J connectivity index is 1.75. The summed E-state index contributed by atoms with van der Waals surface area (Å²) in [5.74, 6) is -0.406. The summed E-state index contributed by atoms with van der Waals surface area (Å²) >= 11 is 0. The molecular weight excluding hydrogens is 356 g/mol. The lowest BCUT2D eigenvalue weighted by molar-refractivity contribution is 0.0950. The van der Waals surface area contributed by atoms with E-state index in [0.717, 1.165) is 16.7 Å². The lowest BCUT2D eigenvalue weighted by Gasteiger charge is -2.11. The molecule has 0 aliphatic carbocycles. The predicted molar refractivity (Wildman–Crippen MR) is 107 cm³/mol. The van der Waals surface area contributed by atoms with Gasteiger partial charge in [0.1, 0.15) is 6.26 Å². The highest BCUT2D eigenvalue weighted by Crippen LogP contribution is 2.27. The van der Waals surface area contributed by atoms with Gasteiger partial charge in [0.25, 0.3) is 11.8 Å². The second-order valence-electron chi connectivity index (χ2n) is 6.41. The number of aryl methyl sites for hydroxylation is 1. The molecule has 0 aliphatic rings. The molecule has 28 heavy (non-hydrogen) atoms. The van der Waals surface area contributed by atoms with Crippen LogP contribution in [0.25, 0.3) is 11.1 Å². The summed E-state index contributed by atoms with van der Waals surface area (Å²) in [7, 11) is 0. The van der Waals surface area contributed by atoms with Gasteiger partial charge in [0.2, 0.25) is 0 Å². The second kappa shape index (κ2) is 9.01. The van der Waals surface area contributed by atoms with Crippen molar-refractivity contribution in [1.29, 1.82) is 0 Å². The third-order valence-electron chi connectivity index (χ3n) is 4.36. The van der Waals surface area contributed by atoms with Gasteiger partial charge >= 0.3 is 0 Å². The van der Waals surface area contributed by atoms with Crippen molar-refractivity contribution in [3.63, 3.8) is 0 Å². The van der Waals surface area contributed by atoms with Crippen LogP contribution < -0.4 is 10.6 Å². The molecule has 0 radical (unpaired) electrons. The third kappa shape index (κ3) is 4.66. The van der Waals surface area contributed by atoms with E-state index in [1.54, 1.807) is 18.2 Å². The highest BCUT2D eigenvalue weighted by Gasteiger charge is 2.10. The molecule has 2 aromatic carbocycles. The maximum atomic E-state index is 12.2. The fourth-order valence-corrected chi connectivity index (χ4v) is 2.79. The average molecular weight is 378 g/mol. The molecule has 6 heteroatoms. The topological polar surface area (TPSA) is 91.6 Å². The molecule has 0 spiro atoms. The van der Waals surface area contributed by atoms with Crippen LogP contribution in [0.1, 0.15) is 32.7 Å². The first kappa shape index (κ1) is 19.4. The van der Waals surface area contributed by atoms with Crippen LogP contribution in [0.4, 0.5) is 5.69 Å². The summed E-state index contributed by atoms with van der Waals surface area (Å²) in [4.78, 5) is 24.3. The molecule has 1 heterocycles. The van der Waals surface area contributed by atoms with Crippen LogP contribution >= 0.6 is 0 Å². The summed E-state index contributed by atoms with van der Waals surface area (Å²) in [6.45, 7) is 2.48. The Kier molecular flexibility index (Phi) is 6.24. The van der Waals surface area contributed by atoms with Crippen molar-refractivity contribution in [2.24, 2.45) is 0 Å². The van der Waals surface area contributed by atoms with Crippen molar-refractivity contribution in [2.45, 2.75) is 13.3 Å². The Bertz CT molecular complexity index is 947. The molecule has 0 atom stereocenters. The van der Waals surface area contributed by atoms with Crippen molar-refractivity contribution in [3.05, 3.63) is 77.7 Å². The normalized spacial score (nSPS) is 10.5. The van der Waals surface area contributed by atoms with E-state index in [1.807, 2.05) is 37.3 Å². The largest absolute Gasteiger partial charge is 0.472 e. The van der Waals surface area contributed by atoms with Crippen LogP contribution in [-0.2, 0) is 0 Å². The van der Waals surface area contributed by atoms with Gasteiger partial charge in [-0.1, -0.05) is 18.2 Å². The number of anilines is 1. The lowest BCUT2D eigenvalue weighted by atomic mass is 9.98. The Labute approximate surface area is 163 Å². The summed E-state index contributed by atoms with van der Waals surface area (Å²) in [5.41, 5.74) is 4.67. The average Bonchev–Trinajstić information content (AvgIpc) is 3.25. The number of carbonyl (C=O) groups excluding carboxylic acids is 2. The molecule has 3 aromatic rings. The van der Waals surface area contributed by atoms with Crippen LogP contribution in [0.15, 0.2) is 65.5 Å². The first-order valence-electron chi connectivity index (χ1n) is 9.02. The predicted octanol–water partition coefficient (Wildman–Crippen LogP) is 3.62. The van der Waals surface area contributed by atoms with Crippen molar-refractivity contribution in [3.8, 4) is 11.1 Å². The maximum Gasteiger partial charge on any atom is 0.258 e. The molecule has 3 N–H and O–H groups in total. The zero-order chi connectivity index (χ0) is 19.9. The van der Waals surface area contributed by atoms with Gasteiger partial charge in [-0.15, -0.1) is 0 Å². The molecule has 0 saturated carbocycles. The Hall–Kier alpha value is -3.38. The van der Waals surface area contributed by atoms with E-state index in [2.05, 4.69) is 10.6 Å². The maximum absolute atomic E-state index is 12.2. The van der Waals surface area contributed by atoms with Crippen LogP contribution in [-0.4, -0.2) is 30.1 Å². The molecule has 1 aromatic heterocycles. The number of amides is 2. The number of nitrogens with one attached hydrogen (secondary N) is 2. The van der Waals surface area contributed by atoms with E-state index in [1.165, 1.54) is 12.5 Å². The molecule has 0 saturated heterocycles. The molecule has 0 unspecified atom stereocenters. The second-order valence-corrected chi connectivity index (χ2v) is 6.41. The fourth-order valence-electron chi connectivity index (χ4n) is 2.79. The highest BCUT2D eigenvalue weighted by molar-refractivity contribution is 6.04. The standard InChI is InChI=1S/C22H22N2O4/c1-15-3-8-19(24-22(27)18-9-12-28-14-18)13-20(15)16-4-6-17(7-5-16)21(26)23-10-2-11-25/h3-9,12-14,25H,2,10-11H2,1H3,(H,23,26)(H,24,27). The highest BCUT2D eigenvalue weighted by atomic mass is 16.3.